The molecule has 0 unspecified atom stereocenters. The molecule has 1 amide bonds. The van der Waals surface area contributed by atoms with Crippen molar-refractivity contribution in [3.63, 3.8) is 0 Å². The number of hydrogen-bond acceptors (Lipinski definition) is 4. The van der Waals surface area contributed by atoms with Gasteiger partial charge in [-0.15, -0.1) is 0 Å². The molecule has 3 aromatic rings. The highest BCUT2D eigenvalue weighted by molar-refractivity contribution is 5.91. The summed E-state index contributed by atoms with van der Waals surface area (Å²) in [5, 5.41) is 6.56. The third-order valence-corrected chi connectivity index (χ3v) is 4.56. The van der Waals surface area contributed by atoms with Crippen LogP contribution in [0.2, 0.25) is 0 Å². The largest absolute Gasteiger partial charge is 0.416 e. The summed E-state index contributed by atoms with van der Waals surface area (Å²) in [5.41, 5.74) is -1.64. The molecule has 0 saturated carbocycles. The summed E-state index contributed by atoms with van der Waals surface area (Å²) in [6, 6.07) is 10.6. The Morgan fingerprint density at radius 1 is 1.09 bits per heavy atom. The second-order valence-electron chi connectivity index (χ2n) is 7.60. The van der Waals surface area contributed by atoms with Gasteiger partial charge >= 0.3 is 11.9 Å². The molecule has 0 aliphatic heterocycles. The monoisotopic (exact) mass is 446 g/mol. The highest BCUT2D eigenvalue weighted by Gasteiger charge is 2.30. The molecule has 1 N–H and O–H groups in total. The first-order valence-electron chi connectivity index (χ1n) is 9.75. The lowest BCUT2D eigenvalue weighted by atomic mass is 10.1. The molecular weight excluding hydrogens is 425 g/mol. The molecule has 0 atom stereocenters. The van der Waals surface area contributed by atoms with E-state index in [4.69, 9.17) is 0 Å². The minimum absolute atomic E-state index is 0.286. The molecule has 1 aromatic heterocycles. The van der Waals surface area contributed by atoms with Crippen molar-refractivity contribution in [2.24, 2.45) is 0 Å². The average Bonchev–Trinajstić information content (AvgIpc) is 2.70. The van der Waals surface area contributed by atoms with Gasteiger partial charge in [0.05, 0.1) is 17.8 Å². The van der Waals surface area contributed by atoms with Crippen LogP contribution in [0.1, 0.15) is 41.0 Å². The summed E-state index contributed by atoms with van der Waals surface area (Å²) in [4.78, 5) is 38.6. The maximum absolute atomic E-state index is 13.1. The number of halogens is 3. The van der Waals surface area contributed by atoms with Crippen molar-refractivity contribution in [3.8, 4) is 5.69 Å². The van der Waals surface area contributed by atoms with Crippen LogP contribution >= 0.6 is 0 Å². The maximum atomic E-state index is 13.1. The van der Waals surface area contributed by atoms with Gasteiger partial charge in [-0.1, -0.05) is 24.3 Å². The van der Waals surface area contributed by atoms with E-state index < -0.39 is 34.6 Å². The highest BCUT2D eigenvalue weighted by Crippen LogP contribution is 2.29. The molecule has 0 fully saturated rings. The van der Waals surface area contributed by atoms with E-state index in [1.54, 1.807) is 45.0 Å². The Labute approximate surface area is 181 Å². The number of aromatic nitrogens is 3. The Morgan fingerprint density at radius 2 is 1.75 bits per heavy atom. The highest BCUT2D eigenvalue weighted by atomic mass is 19.4. The van der Waals surface area contributed by atoms with Crippen molar-refractivity contribution < 1.29 is 18.0 Å². The molecule has 10 heteroatoms. The Kier molecular flexibility index (Phi) is 6.33. The molecule has 2 aromatic carbocycles. The first kappa shape index (κ1) is 23.0. The number of alkyl halides is 3. The topological polar surface area (TPSA) is 86.0 Å². The predicted octanol–water partition coefficient (Wildman–Crippen LogP) is 2.91. The van der Waals surface area contributed by atoms with Crippen LogP contribution in [0.3, 0.4) is 0 Å². The summed E-state index contributed by atoms with van der Waals surface area (Å²) in [6.45, 7) is 4.88. The van der Waals surface area contributed by atoms with E-state index in [0.717, 1.165) is 26.9 Å². The standard InChI is InChI=1S/C22H21F3N4O3/c1-13(2)26-19(30)18-20(31)28(12-15-7-9-16(10-8-15)22(23,24)25)21(32)29(27-18)17-6-4-5-14(3)11-17/h4-11,13H,12H2,1-3H3,(H,26,30). The quantitative estimate of drug-likeness (QED) is 0.653. The summed E-state index contributed by atoms with van der Waals surface area (Å²) in [6.07, 6.45) is -4.51. The smallest absolute Gasteiger partial charge is 0.348 e. The first-order valence-corrected chi connectivity index (χ1v) is 9.75. The molecule has 32 heavy (non-hydrogen) atoms. The van der Waals surface area contributed by atoms with Gasteiger partial charge < -0.3 is 5.32 Å². The van der Waals surface area contributed by atoms with Crippen LogP contribution in [-0.2, 0) is 12.7 Å². The van der Waals surface area contributed by atoms with Crippen LogP contribution in [0, 0.1) is 6.92 Å². The van der Waals surface area contributed by atoms with Gasteiger partial charge in [0.2, 0.25) is 5.69 Å². The number of amides is 1. The van der Waals surface area contributed by atoms with Gasteiger partial charge in [-0.3, -0.25) is 14.2 Å². The molecule has 3 rings (SSSR count). The molecule has 0 spiro atoms. The zero-order valence-electron chi connectivity index (χ0n) is 17.6. The van der Waals surface area contributed by atoms with Crippen LogP contribution < -0.4 is 16.6 Å². The summed E-state index contributed by atoms with van der Waals surface area (Å²) in [5.74, 6) is -0.757. The van der Waals surface area contributed by atoms with E-state index in [1.165, 1.54) is 12.1 Å². The van der Waals surface area contributed by atoms with Crippen LogP contribution in [0.25, 0.3) is 5.69 Å². The molecule has 7 nitrogen and oxygen atoms in total. The fraction of sp³-hybridized carbons (Fsp3) is 0.273. The van der Waals surface area contributed by atoms with Crippen molar-refractivity contribution >= 4 is 5.91 Å². The number of benzene rings is 2. The number of carbonyl (C=O) groups excluding carboxylic acids is 1. The maximum Gasteiger partial charge on any atom is 0.416 e. The Morgan fingerprint density at radius 3 is 2.31 bits per heavy atom. The van der Waals surface area contributed by atoms with Crippen molar-refractivity contribution in [1.29, 1.82) is 0 Å². The van der Waals surface area contributed by atoms with Gasteiger partial charge in [0, 0.05) is 6.04 Å². The molecule has 0 bridgehead atoms. The SMILES string of the molecule is Cc1cccc(-n2nc(C(=O)NC(C)C)c(=O)n(Cc3ccc(C(F)(F)F)cc3)c2=O)c1. The predicted molar refractivity (Wildman–Crippen MR) is 112 cm³/mol. The fourth-order valence-electron chi connectivity index (χ4n) is 3.04. The van der Waals surface area contributed by atoms with E-state index in [0.29, 0.717) is 5.69 Å². The Hall–Kier alpha value is -3.69. The number of carbonyl (C=O) groups is 1. The van der Waals surface area contributed by atoms with Crippen LogP contribution in [0.15, 0.2) is 58.1 Å². The number of hydrogen-bond donors (Lipinski definition) is 1. The van der Waals surface area contributed by atoms with Crippen molar-refractivity contribution in [2.45, 2.75) is 39.5 Å². The average molecular weight is 446 g/mol. The van der Waals surface area contributed by atoms with Gasteiger partial charge in [0.25, 0.3) is 11.5 Å². The first-order chi connectivity index (χ1) is 15.0. The molecule has 168 valence electrons. The Bertz CT molecular complexity index is 1260. The van der Waals surface area contributed by atoms with Crippen molar-refractivity contribution in [3.05, 3.63) is 91.8 Å². The van der Waals surface area contributed by atoms with Gasteiger partial charge in [0.1, 0.15) is 0 Å². The lowest BCUT2D eigenvalue weighted by Crippen LogP contribution is -2.46. The number of rotatable bonds is 5. The minimum Gasteiger partial charge on any atom is -0.348 e. The second-order valence-corrected chi connectivity index (χ2v) is 7.60. The second kappa shape index (κ2) is 8.81. The van der Waals surface area contributed by atoms with E-state index in [-0.39, 0.29) is 18.2 Å². The van der Waals surface area contributed by atoms with Gasteiger partial charge in [-0.25, -0.2) is 4.79 Å². The lowest BCUT2D eigenvalue weighted by molar-refractivity contribution is -0.137. The van der Waals surface area contributed by atoms with E-state index in [2.05, 4.69) is 10.4 Å². The van der Waals surface area contributed by atoms with Crippen LogP contribution in [0.4, 0.5) is 13.2 Å². The zero-order chi connectivity index (χ0) is 23.6. The summed E-state index contributed by atoms with van der Waals surface area (Å²) < 4.78 is 40.2. The fourth-order valence-corrected chi connectivity index (χ4v) is 3.04. The van der Waals surface area contributed by atoms with Crippen molar-refractivity contribution in [1.82, 2.24) is 19.7 Å². The molecular formula is C22H21F3N4O3. The molecule has 0 aliphatic carbocycles. The molecule has 1 heterocycles. The molecule has 0 radical (unpaired) electrons. The Balaban J connectivity index is 2.15. The summed E-state index contributed by atoms with van der Waals surface area (Å²) >= 11 is 0. The van der Waals surface area contributed by atoms with Gasteiger partial charge in [0.15, 0.2) is 0 Å². The van der Waals surface area contributed by atoms with E-state index in [9.17, 15) is 27.6 Å². The minimum atomic E-state index is -4.51. The number of aryl methyl sites for hydroxylation is 1. The zero-order valence-corrected chi connectivity index (χ0v) is 17.6. The third-order valence-electron chi connectivity index (χ3n) is 4.56. The third kappa shape index (κ3) is 4.96. The van der Waals surface area contributed by atoms with Gasteiger partial charge in [-0.2, -0.15) is 23.0 Å². The number of nitrogens with zero attached hydrogens (tertiary/aromatic N) is 3. The summed E-state index contributed by atoms with van der Waals surface area (Å²) in [7, 11) is 0. The van der Waals surface area contributed by atoms with Crippen LogP contribution in [0.5, 0.6) is 0 Å². The van der Waals surface area contributed by atoms with Gasteiger partial charge in [-0.05, 0) is 56.2 Å². The molecule has 0 aliphatic rings. The molecule has 0 saturated heterocycles. The van der Waals surface area contributed by atoms with E-state index in [1.807, 2.05) is 0 Å². The normalized spacial score (nSPS) is 11.6. The number of nitrogens with one attached hydrogen (secondary N) is 1. The van der Waals surface area contributed by atoms with Crippen molar-refractivity contribution in [2.75, 3.05) is 0 Å². The lowest BCUT2D eigenvalue weighted by Gasteiger charge is -2.14. The van der Waals surface area contributed by atoms with E-state index >= 15 is 0 Å². The van der Waals surface area contributed by atoms with Crippen LogP contribution in [-0.4, -0.2) is 26.3 Å².